The Labute approximate surface area is 141 Å². The predicted molar refractivity (Wildman–Crippen MR) is 90.7 cm³/mol. The van der Waals surface area contributed by atoms with Gasteiger partial charge in [-0.3, -0.25) is 9.59 Å². The van der Waals surface area contributed by atoms with Crippen molar-refractivity contribution in [2.24, 2.45) is 0 Å². The van der Waals surface area contributed by atoms with Gasteiger partial charge in [0.15, 0.2) is 5.76 Å². The molecule has 0 bridgehead atoms. The van der Waals surface area contributed by atoms with Gasteiger partial charge in [0.1, 0.15) is 0 Å². The molecule has 1 aromatic heterocycles. The summed E-state index contributed by atoms with van der Waals surface area (Å²) in [5.74, 6) is 0.287. The monoisotopic (exact) mass is 326 g/mol. The number of amides is 2. The third kappa shape index (κ3) is 3.85. The molecule has 1 aliphatic rings. The minimum Gasteiger partial charge on any atom is -0.459 e. The van der Waals surface area contributed by atoms with Gasteiger partial charge in [0.25, 0.3) is 5.91 Å². The Bertz CT molecular complexity index is 708. The van der Waals surface area contributed by atoms with Gasteiger partial charge in [-0.1, -0.05) is 30.3 Å². The second-order valence-corrected chi connectivity index (χ2v) is 6.22. The van der Waals surface area contributed by atoms with E-state index in [9.17, 15) is 9.59 Å². The highest BCUT2D eigenvalue weighted by molar-refractivity contribution is 5.93. The minimum absolute atomic E-state index is 0.0114. The Morgan fingerprint density at radius 2 is 2.04 bits per heavy atom. The zero-order valence-corrected chi connectivity index (χ0v) is 13.8. The summed E-state index contributed by atoms with van der Waals surface area (Å²) < 4.78 is 5.21. The molecule has 1 aliphatic heterocycles. The van der Waals surface area contributed by atoms with Crippen molar-refractivity contribution in [3.8, 4) is 0 Å². The molecular weight excluding hydrogens is 304 g/mol. The third-order valence-corrected chi connectivity index (χ3v) is 4.41. The Kier molecular flexibility index (Phi) is 4.99. The van der Waals surface area contributed by atoms with Crippen LogP contribution in [0.4, 0.5) is 0 Å². The molecule has 24 heavy (non-hydrogen) atoms. The molecule has 1 unspecified atom stereocenters. The van der Waals surface area contributed by atoms with Crippen LogP contribution in [0.3, 0.4) is 0 Å². The smallest absolute Gasteiger partial charge is 0.287 e. The number of aryl methyl sites for hydroxylation is 2. The SMILES string of the molecule is Cc1ccoc1C(=O)NC1CCN(C(=O)CCc2ccccc2)C1. The highest BCUT2D eigenvalue weighted by Crippen LogP contribution is 2.14. The molecule has 1 atom stereocenters. The van der Waals surface area contributed by atoms with Gasteiger partial charge >= 0.3 is 0 Å². The maximum atomic E-state index is 12.3. The molecule has 5 nitrogen and oxygen atoms in total. The summed E-state index contributed by atoms with van der Waals surface area (Å²) in [4.78, 5) is 26.3. The second-order valence-electron chi connectivity index (χ2n) is 6.22. The summed E-state index contributed by atoms with van der Waals surface area (Å²) >= 11 is 0. The number of benzene rings is 1. The summed E-state index contributed by atoms with van der Waals surface area (Å²) in [7, 11) is 0. The molecular formula is C19H22N2O3. The number of hydrogen-bond donors (Lipinski definition) is 1. The van der Waals surface area contributed by atoms with Crippen LogP contribution in [0.25, 0.3) is 0 Å². The fourth-order valence-corrected chi connectivity index (χ4v) is 3.01. The van der Waals surface area contributed by atoms with Crippen molar-refractivity contribution in [1.82, 2.24) is 10.2 Å². The lowest BCUT2D eigenvalue weighted by atomic mass is 10.1. The van der Waals surface area contributed by atoms with Crippen LogP contribution < -0.4 is 5.32 Å². The molecule has 3 rings (SSSR count). The average Bonchev–Trinajstić information content (AvgIpc) is 3.22. The van der Waals surface area contributed by atoms with Crippen LogP contribution in [0.5, 0.6) is 0 Å². The average molecular weight is 326 g/mol. The molecule has 0 aliphatic carbocycles. The van der Waals surface area contributed by atoms with Gasteiger partial charge in [0, 0.05) is 31.1 Å². The third-order valence-electron chi connectivity index (χ3n) is 4.41. The molecule has 126 valence electrons. The molecule has 1 aromatic carbocycles. The topological polar surface area (TPSA) is 62.6 Å². The summed E-state index contributed by atoms with van der Waals surface area (Å²) in [6.07, 6.45) is 3.54. The zero-order chi connectivity index (χ0) is 16.9. The van der Waals surface area contributed by atoms with Crippen molar-refractivity contribution in [1.29, 1.82) is 0 Å². The lowest BCUT2D eigenvalue weighted by molar-refractivity contribution is -0.130. The summed E-state index contributed by atoms with van der Waals surface area (Å²) in [5, 5.41) is 2.95. The summed E-state index contributed by atoms with van der Waals surface area (Å²) in [6, 6.07) is 11.8. The summed E-state index contributed by atoms with van der Waals surface area (Å²) in [6.45, 7) is 3.10. The molecule has 1 fully saturated rings. The molecule has 1 saturated heterocycles. The Balaban J connectivity index is 1.47. The van der Waals surface area contributed by atoms with Crippen LogP contribution in [0.1, 0.15) is 34.5 Å². The van der Waals surface area contributed by atoms with E-state index in [0.717, 1.165) is 18.4 Å². The highest BCUT2D eigenvalue weighted by atomic mass is 16.3. The maximum Gasteiger partial charge on any atom is 0.287 e. The van der Waals surface area contributed by atoms with Gasteiger partial charge in [0.2, 0.25) is 5.91 Å². The molecule has 0 radical (unpaired) electrons. The van der Waals surface area contributed by atoms with E-state index in [2.05, 4.69) is 5.32 Å². The van der Waals surface area contributed by atoms with E-state index in [-0.39, 0.29) is 17.9 Å². The number of hydrogen-bond acceptors (Lipinski definition) is 3. The standard InChI is InChI=1S/C19H22N2O3/c1-14-10-12-24-18(14)19(23)20-16-9-11-21(13-16)17(22)8-7-15-5-3-2-4-6-15/h2-6,10,12,16H,7-9,11,13H2,1H3,(H,20,23). The van der Waals surface area contributed by atoms with Crippen LogP contribution in [0, 0.1) is 6.92 Å². The first-order valence-corrected chi connectivity index (χ1v) is 8.30. The lowest BCUT2D eigenvalue weighted by Crippen LogP contribution is -2.38. The van der Waals surface area contributed by atoms with E-state index in [1.807, 2.05) is 42.2 Å². The number of likely N-dealkylation sites (tertiary alicyclic amines) is 1. The van der Waals surface area contributed by atoms with Crippen molar-refractivity contribution in [2.75, 3.05) is 13.1 Å². The van der Waals surface area contributed by atoms with Gasteiger partial charge in [-0.25, -0.2) is 0 Å². The zero-order valence-electron chi connectivity index (χ0n) is 13.8. The predicted octanol–water partition coefficient (Wildman–Crippen LogP) is 2.55. The van der Waals surface area contributed by atoms with E-state index in [4.69, 9.17) is 4.42 Å². The number of nitrogens with zero attached hydrogens (tertiary/aromatic N) is 1. The first-order valence-electron chi connectivity index (χ1n) is 8.30. The van der Waals surface area contributed by atoms with Crippen LogP contribution >= 0.6 is 0 Å². The first kappa shape index (κ1) is 16.3. The van der Waals surface area contributed by atoms with Gasteiger partial charge < -0.3 is 14.6 Å². The van der Waals surface area contributed by atoms with Crippen LogP contribution in [0.15, 0.2) is 47.1 Å². The van der Waals surface area contributed by atoms with Crippen LogP contribution in [-0.2, 0) is 11.2 Å². The van der Waals surface area contributed by atoms with Crippen LogP contribution in [0.2, 0.25) is 0 Å². The van der Waals surface area contributed by atoms with E-state index in [0.29, 0.717) is 25.3 Å². The molecule has 2 amide bonds. The quantitative estimate of drug-likeness (QED) is 0.918. The minimum atomic E-state index is -0.207. The maximum absolute atomic E-state index is 12.3. The molecule has 1 N–H and O–H groups in total. The van der Waals surface area contributed by atoms with Crippen LogP contribution in [-0.4, -0.2) is 35.8 Å². The molecule has 5 heteroatoms. The highest BCUT2D eigenvalue weighted by Gasteiger charge is 2.28. The van der Waals surface area contributed by atoms with E-state index in [1.165, 1.54) is 11.8 Å². The van der Waals surface area contributed by atoms with Crippen molar-refractivity contribution in [2.45, 2.75) is 32.2 Å². The molecule has 0 saturated carbocycles. The van der Waals surface area contributed by atoms with Crippen molar-refractivity contribution < 1.29 is 14.0 Å². The molecule has 0 spiro atoms. The Hall–Kier alpha value is -2.56. The normalized spacial score (nSPS) is 17.0. The van der Waals surface area contributed by atoms with Crippen molar-refractivity contribution >= 4 is 11.8 Å². The fraction of sp³-hybridized carbons (Fsp3) is 0.368. The molecule has 2 heterocycles. The van der Waals surface area contributed by atoms with Crippen molar-refractivity contribution in [3.05, 3.63) is 59.5 Å². The second kappa shape index (κ2) is 7.34. The van der Waals surface area contributed by atoms with E-state index >= 15 is 0 Å². The summed E-state index contributed by atoms with van der Waals surface area (Å²) in [5.41, 5.74) is 1.99. The Morgan fingerprint density at radius 1 is 1.25 bits per heavy atom. The number of carbonyl (C=O) groups is 2. The van der Waals surface area contributed by atoms with Gasteiger partial charge in [-0.05, 0) is 31.4 Å². The fourth-order valence-electron chi connectivity index (χ4n) is 3.01. The Morgan fingerprint density at radius 3 is 2.75 bits per heavy atom. The number of nitrogens with one attached hydrogen (secondary N) is 1. The van der Waals surface area contributed by atoms with Crippen molar-refractivity contribution in [3.63, 3.8) is 0 Å². The van der Waals surface area contributed by atoms with Gasteiger partial charge in [0.05, 0.1) is 6.26 Å². The first-order chi connectivity index (χ1) is 11.6. The number of rotatable bonds is 5. The van der Waals surface area contributed by atoms with Gasteiger partial charge in [-0.15, -0.1) is 0 Å². The van der Waals surface area contributed by atoms with E-state index in [1.54, 1.807) is 6.07 Å². The molecule has 2 aromatic rings. The van der Waals surface area contributed by atoms with E-state index < -0.39 is 0 Å². The number of furan rings is 1. The number of carbonyl (C=O) groups excluding carboxylic acids is 2. The largest absolute Gasteiger partial charge is 0.459 e. The van der Waals surface area contributed by atoms with Gasteiger partial charge in [-0.2, -0.15) is 0 Å². The lowest BCUT2D eigenvalue weighted by Gasteiger charge is -2.17.